The molecule has 1 aliphatic heterocycles. The molecule has 4 heteroatoms. The lowest BCUT2D eigenvalue weighted by Crippen LogP contribution is -2.19. The van der Waals surface area contributed by atoms with Gasteiger partial charge in [0, 0.05) is 37.5 Å². The van der Waals surface area contributed by atoms with Crippen LogP contribution in [0.4, 0.5) is 11.5 Å². The third-order valence-corrected chi connectivity index (χ3v) is 4.05. The van der Waals surface area contributed by atoms with Gasteiger partial charge in [-0.05, 0) is 25.8 Å². The molecule has 0 radical (unpaired) electrons. The van der Waals surface area contributed by atoms with Crippen LogP contribution in [0.5, 0.6) is 0 Å². The molecule has 21 heavy (non-hydrogen) atoms. The van der Waals surface area contributed by atoms with Crippen molar-refractivity contribution in [3.8, 4) is 0 Å². The second kappa shape index (κ2) is 6.31. The number of fused-ring (bicyclic) bond motifs is 1. The SMILES string of the molecule is COCCNc1cnc(N2CCCC2)c2cc(C)ccc12. The molecule has 1 N–H and O–H groups in total. The maximum Gasteiger partial charge on any atom is 0.136 e. The van der Waals surface area contributed by atoms with E-state index in [2.05, 4.69) is 35.3 Å². The molecule has 0 aliphatic carbocycles. The van der Waals surface area contributed by atoms with Crippen LogP contribution in [0.2, 0.25) is 0 Å². The molecular weight excluding hydrogens is 262 g/mol. The van der Waals surface area contributed by atoms with E-state index in [4.69, 9.17) is 9.72 Å². The van der Waals surface area contributed by atoms with E-state index in [-0.39, 0.29) is 0 Å². The second-order valence-corrected chi connectivity index (χ2v) is 5.66. The van der Waals surface area contributed by atoms with Gasteiger partial charge in [0.25, 0.3) is 0 Å². The Kier molecular flexibility index (Phi) is 4.25. The van der Waals surface area contributed by atoms with E-state index < -0.39 is 0 Å². The summed E-state index contributed by atoms with van der Waals surface area (Å²) < 4.78 is 5.11. The molecule has 0 bridgehead atoms. The molecule has 112 valence electrons. The summed E-state index contributed by atoms with van der Waals surface area (Å²) in [4.78, 5) is 7.13. The maximum absolute atomic E-state index is 5.11. The number of benzene rings is 1. The van der Waals surface area contributed by atoms with Crippen LogP contribution in [0, 0.1) is 6.92 Å². The number of anilines is 2. The predicted molar refractivity (Wildman–Crippen MR) is 88.3 cm³/mol. The zero-order valence-electron chi connectivity index (χ0n) is 12.9. The van der Waals surface area contributed by atoms with E-state index in [1.807, 2.05) is 6.20 Å². The van der Waals surface area contributed by atoms with Crippen LogP contribution < -0.4 is 10.2 Å². The van der Waals surface area contributed by atoms with Crippen LogP contribution in [0.3, 0.4) is 0 Å². The summed E-state index contributed by atoms with van der Waals surface area (Å²) in [5, 5.41) is 5.91. The molecule has 0 saturated carbocycles. The summed E-state index contributed by atoms with van der Waals surface area (Å²) in [6.45, 7) is 5.86. The molecule has 2 heterocycles. The predicted octanol–water partition coefficient (Wildman–Crippen LogP) is 3.20. The normalized spacial score (nSPS) is 14.9. The van der Waals surface area contributed by atoms with Gasteiger partial charge in [0.05, 0.1) is 18.5 Å². The Morgan fingerprint density at radius 2 is 2.05 bits per heavy atom. The molecule has 3 rings (SSSR count). The molecule has 1 aromatic heterocycles. The highest BCUT2D eigenvalue weighted by atomic mass is 16.5. The van der Waals surface area contributed by atoms with E-state index in [0.717, 1.165) is 31.1 Å². The number of aromatic nitrogens is 1. The number of nitrogens with one attached hydrogen (secondary N) is 1. The topological polar surface area (TPSA) is 37.4 Å². The van der Waals surface area contributed by atoms with Gasteiger partial charge < -0.3 is 15.0 Å². The van der Waals surface area contributed by atoms with Gasteiger partial charge in [-0.1, -0.05) is 17.7 Å². The zero-order chi connectivity index (χ0) is 14.7. The molecule has 2 aromatic rings. The molecule has 0 unspecified atom stereocenters. The summed E-state index contributed by atoms with van der Waals surface area (Å²) in [5.74, 6) is 1.13. The largest absolute Gasteiger partial charge is 0.383 e. The second-order valence-electron chi connectivity index (χ2n) is 5.66. The first kappa shape index (κ1) is 14.1. The lowest BCUT2D eigenvalue weighted by atomic mass is 10.1. The average molecular weight is 285 g/mol. The molecular formula is C17H23N3O. The van der Waals surface area contributed by atoms with E-state index in [9.17, 15) is 0 Å². The fourth-order valence-electron chi connectivity index (χ4n) is 2.95. The van der Waals surface area contributed by atoms with Crippen molar-refractivity contribution < 1.29 is 4.74 Å². The van der Waals surface area contributed by atoms with Crippen LogP contribution in [0.25, 0.3) is 10.8 Å². The summed E-state index contributed by atoms with van der Waals surface area (Å²) >= 11 is 0. The van der Waals surface area contributed by atoms with Crippen molar-refractivity contribution in [2.45, 2.75) is 19.8 Å². The van der Waals surface area contributed by atoms with E-state index >= 15 is 0 Å². The molecule has 1 fully saturated rings. The average Bonchev–Trinajstić information content (AvgIpc) is 3.01. The van der Waals surface area contributed by atoms with Crippen LogP contribution in [-0.4, -0.2) is 38.3 Å². The minimum absolute atomic E-state index is 0.696. The van der Waals surface area contributed by atoms with E-state index in [0.29, 0.717) is 6.61 Å². The molecule has 1 saturated heterocycles. The van der Waals surface area contributed by atoms with Gasteiger partial charge in [0.1, 0.15) is 5.82 Å². The smallest absolute Gasteiger partial charge is 0.136 e. The fourth-order valence-corrected chi connectivity index (χ4v) is 2.95. The van der Waals surface area contributed by atoms with Crippen LogP contribution in [-0.2, 0) is 4.74 Å². The van der Waals surface area contributed by atoms with E-state index in [1.165, 1.54) is 29.2 Å². The Hall–Kier alpha value is -1.81. The Balaban J connectivity index is 2.01. The standard InChI is InChI=1S/C17H23N3O/c1-13-5-6-14-15(11-13)17(20-8-3-4-9-20)19-12-16(14)18-7-10-21-2/h5-6,11-12,18H,3-4,7-10H2,1-2H3. The van der Waals surface area contributed by atoms with Crippen molar-refractivity contribution in [1.29, 1.82) is 0 Å². The summed E-state index contributed by atoms with van der Waals surface area (Å²) in [5.41, 5.74) is 2.36. The number of methoxy groups -OCH3 is 1. The number of pyridine rings is 1. The van der Waals surface area contributed by atoms with Crippen LogP contribution >= 0.6 is 0 Å². The highest BCUT2D eigenvalue weighted by molar-refractivity contribution is 6.00. The van der Waals surface area contributed by atoms with Crippen molar-refractivity contribution in [2.75, 3.05) is 43.6 Å². The minimum atomic E-state index is 0.696. The van der Waals surface area contributed by atoms with E-state index in [1.54, 1.807) is 7.11 Å². The Bertz CT molecular complexity index is 621. The lowest BCUT2D eigenvalue weighted by molar-refractivity contribution is 0.211. The zero-order valence-corrected chi connectivity index (χ0v) is 12.9. The number of hydrogen-bond acceptors (Lipinski definition) is 4. The quantitative estimate of drug-likeness (QED) is 0.856. The number of ether oxygens (including phenoxy) is 1. The van der Waals surface area contributed by atoms with Gasteiger partial charge in [-0.3, -0.25) is 0 Å². The third-order valence-electron chi connectivity index (χ3n) is 4.05. The summed E-state index contributed by atoms with van der Waals surface area (Å²) in [6.07, 6.45) is 4.49. The van der Waals surface area contributed by atoms with Crippen molar-refractivity contribution in [1.82, 2.24) is 4.98 Å². The maximum atomic E-state index is 5.11. The lowest BCUT2D eigenvalue weighted by Gasteiger charge is -2.20. The molecule has 0 atom stereocenters. The molecule has 1 aliphatic rings. The molecule has 0 spiro atoms. The monoisotopic (exact) mass is 285 g/mol. The Labute approximate surface area is 126 Å². The van der Waals surface area contributed by atoms with Gasteiger partial charge in [-0.25, -0.2) is 4.98 Å². The molecule has 4 nitrogen and oxygen atoms in total. The van der Waals surface area contributed by atoms with Gasteiger partial charge >= 0.3 is 0 Å². The van der Waals surface area contributed by atoms with Crippen molar-refractivity contribution in [3.63, 3.8) is 0 Å². The fraction of sp³-hybridized carbons (Fsp3) is 0.471. The van der Waals surface area contributed by atoms with Crippen molar-refractivity contribution >= 4 is 22.3 Å². The summed E-state index contributed by atoms with van der Waals surface area (Å²) in [7, 11) is 1.72. The third kappa shape index (κ3) is 2.95. The highest BCUT2D eigenvalue weighted by Gasteiger charge is 2.17. The van der Waals surface area contributed by atoms with Gasteiger partial charge in [-0.15, -0.1) is 0 Å². The Morgan fingerprint density at radius 3 is 2.81 bits per heavy atom. The first-order valence-corrected chi connectivity index (χ1v) is 7.67. The molecule has 0 amide bonds. The first-order valence-electron chi connectivity index (χ1n) is 7.67. The van der Waals surface area contributed by atoms with Crippen molar-refractivity contribution in [3.05, 3.63) is 30.0 Å². The van der Waals surface area contributed by atoms with Gasteiger partial charge in [-0.2, -0.15) is 0 Å². The Morgan fingerprint density at radius 1 is 1.24 bits per heavy atom. The number of rotatable bonds is 5. The summed E-state index contributed by atoms with van der Waals surface area (Å²) in [6, 6.07) is 6.61. The number of nitrogens with zero attached hydrogens (tertiary/aromatic N) is 2. The van der Waals surface area contributed by atoms with Crippen LogP contribution in [0.15, 0.2) is 24.4 Å². The van der Waals surface area contributed by atoms with Crippen LogP contribution in [0.1, 0.15) is 18.4 Å². The molecule has 1 aromatic carbocycles. The minimum Gasteiger partial charge on any atom is -0.383 e. The number of aryl methyl sites for hydroxylation is 1. The van der Waals surface area contributed by atoms with Gasteiger partial charge in [0.15, 0.2) is 0 Å². The van der Waals surface area contributed by atoms with Gasteiger partial charge in [0.2, 0.25) is 0 Å². The number of hydrogen-bond donors (Lipinski definition) is 1. The first-order chi connectivity index (χ1) is 10.3. The van der Waals surface area contributed by atoms with Crippen molar-refractivity contribution in [2.24, 2.45) is 0 Å². The highest BCUT2D eigenvalue weighted by Crippen LogP contribution is 2.32.